The Balaban J connectivity index is 2.41. The van der Waals surface area contributed by atoms with Crippen LogP contribution in [0.5, 0.6) is 5.75 Å². The van der Waals surface area contributed by atoms with Crippen LogP contribution in [0.3, 0.4) is 0 Å². The number of hydrogen-bond acceptors (Lipinski definition) is 2. The second kappa shape index (κ2) is 4.97. The highest BCUT2D eigenvalue weighted by Gasteiger charge is 2.13. The Labute approximate surface area is 118 Å². The van der Waals surface area contributed by atoms with Gasteiger partial charge in [0.05, 0.1) is 0 Å². The van der Waals surface area contributed by atoms with Gasteiger partial charge in [-0.3, -0.25) is 4.79 Å². The third-order valence-corrected chi connectivity index (χ3v) is 3.55. The molecule has 0 N–H and O–H groups in total. The molecule has 100 valence electrons. The minimum absolute atomic E-state index is 0.203. The molecule has 0 saturated carbocycles. The van der Waals surface area contributed by atoms with Crippen LogP contribution >= 0.6 is 0 Å². The van der Waals surface area contributed by atoms with Crippen LogP contribution < -0.4 is 4.74 Å². The van der Waals surface area contributed by atoms with E-state index in [9.17, 15) is 4.79 Å². The monoisotopic (exact) mass is 264 g/mol. The lowest BCUT2D eigenvalue weighted by Crippen LogP contribution is -2.06. The van der Waals surface area contributed by atoms with E-state index < -0.39 is 0 Å². The molecule has 2 nitrogen and oxygen atoms in total. The summed E-state index contributed by atoms with van der Waals surface area (Å²) in [5.74, 6) is 0.481. The minimum Gasteiger partial charge on any atom is -0.425 e. The minimum atomic E-state index is -0.203. The zero-order valence-electron chi connectivity index (χ0n) is 11.6. The van der Waals surface area contributed by atoms with Gasteiger partial charge in [0.1, 0.15) is 5.75 Å². The Morgan fingerprint density at radius 1 is 1.05 bits per heavy atom. The molecule has 3 rings (SSSR count). The van der Waals surface area contributed by atoms with Crippen LogP contribution in [0.4, 0.5) is 0 Å². The van der Waals surface area contributed by atoms with Crippen molar-refractivity contribution in [3.05, 3.63) is 54.1 Å². The Bertz CT molecular complexity index is 803. The van der Waals surface area contributed by atoms with Gasteiger partial charge < -0.3 is 4.74 Å². The number of hydrogen-bond donors (Lipinski definition) is 0. The van der Waals surface area contributed by atoms with E-state index in [1.165, 1.54) is 0 Å². The molecule has 0 unspecified atom stereocenters. The van der Waals surface area contributed by atoms with E-state index in [4.69, 9.17) is 4.74 Å². The summed E-state index contributed by atoms with van der Waals surface area (Å²) in [6.45, 7) is 3.85. The molecule has 0 aliphatic carbocycles. The smallest absolute Gasteiger partial charge is 0.310 e. The number of carbonyl (C=O) groups is 1. The number of ether oxygens (including phenoxy) is 1. The predicted molar refractivity (Wildman–Crippen MR) is 82.1 cm³/mol. The van der Waals surface area contributed by atoms with Gasteiger partial charge in [0.25, 0.3) is 0 Å². The van der Waals surface area contributed by atoms with Gasteiger partial charge in [0, 0.05) is 17.2 Å². The van der Waals surface area contributed by atoms with Gasteiger partial charge >= 0.3 is 5.97 Å². The van der Waals surface area contributed by atoms with Gasteiger partial charge in [-0.2, -0.15) is 0 Å². The van der Waals surface area contributed by atoms with Crippen molar-refractivity contribution in [1.29, 1.82) is 0 Å². The van der Waals surface area contributed by atoms with Crippen LogP contribution in [-0.2, 0) is 4.79 Å². The second-order valence-electron chi connectivity index (χ2n) is 4.93. The van der Waals surface area contributed by atoms with E-state index in [-0.39, 0.29) is 5.97 Å². The first-order valence-corrected chi connectivity index (χ1v) is 6.82. The molecule has 0 spiro atoms. The molecule has 20 heavy (non-hydrogen) atoms. The number of rotatable bonds is 2. The second-order valence-corrected chi connectivity index (χ2v) is 4.93. The van der Waals surface area contributed by atoms with Crippen molar-refractivity contribution in [1.82, 2.24) is 0 Å². The number of aryl methyl sites for hydroxylation is 1. The first kappa shape index (κ1) is 12.7. The summed E-state index contributed by atoms with van der Waals surface area (Å²) in [4.78, 5) is 11.8. The molecule has 0 aliphatic heterocycles. The van der Waals surface area contributed by atoms with Crippen molar-refractivity contribution in [2.75, 3.05) is 0 Å². The molecule has 0 heterocycles. The highest BCUT2D eigenvalue weighted by molar-refractivity contribution is 6.07. The summed E-state index contributed by atoms with van der Waals surface area (Å²) in [5, 5.41) is 4.19. The lowest BCUT2D eigenvalue weighted by Gasteiger charge is -2.13. The summed E-state index contributed by atoms with van der Waals surface area (Å²) in [7, 11) is 0. The summed E-state index contributed by atoms with van der Waals surface area (Å²) >= 11 is 0. The molecule has 2 heteroatoms. The molecule has 0 radical (unpaired) electrons. The summed E-state index contributed by atoms with van der Waals surface area (Å²) in [6.07, 6.45) is 0.372. The van der Waals surface area contributed by atoms with E-state index in [0.29, 0.717) is 12.2 Å². The topological polar surface area (TPSA) is 26.3 Å². The molecule has 0 saturated heterocycles. The van der Waals surface area contributed by atoms with E-state index in [2.05, 4.69) is 12.1 Å². The van der Waals surface area contributed by atoms with E-state index >= 15 is 0 Å². The molecule has 3 aromatic rings. The van der Waals surface area contributed by atoms with Crippen molar-refractivity contribution >= 4 is 27.5 Å². The van der Waals surface area contributed by atoms with E-state index in [1.54, 1.807) is 0 Å². The van der Waals surface area contributed by atoms with Crippen LogP contribution in [0.25, 0.3) is 21.5 Å². The van der Waals surface area contributed by atoms with Crippen LogP contribution in [-0.4, -0.2) is 5.97 Å². The molecular weight excluding hydrogens is 248 g/mol. The lowest BCUT2D eigenvalue weighted by atomic mass is 9.99. The molecule has 0 atom stereocenters. The van der Waals surface area contributed by atoms with Crippen molar-refractivity contribution in [2.24, 2.45) is 0 Å². The van der Waals surface area contributed by atoms with Gasteiger partial charge in [-0.15, -0.1) is 0 Å². The first-order chi connectivity index (χ1) is 9.70. The normalized spacial score (nSPS) is 10.9. The lowest BCUT2D eigenvalue weighted by molar-refractivity contribution is -0.133. The Kier molecular flexibility index (Phi) is 3.15. The number of benzene rings is 3. The summed E-state index contributed by atoms with van der Waals surface area (Å²) in [5.41, 5.74) is 1.12. The Morgan fingerprint density at radius 3 is 2.60 bits per heavy atom. The maximum atomic E-state index is 11.8. The highest BCUT2D eigenvalue weighted by Crippen LogP contribution is 2.36. The van der Waals surface area contributed by atoms with Crippen molar-refractivity contribution < 1.29 is 9.53 Å². The molecule has 0 aliphatic rings. The fourth-order valence-corrected chi connectivity index (χ4v) is 2.54. The first-order valence-electron chi connectivity index (χ1n) is 6.82. The quantitative estimate of drug-likeness (QED) is 0.383. The number of carbonyl (C=O) groups excluding carboxylic acids is 1. The molecule has 0 aromatic heterocycles. The van der Waals surface area contributed by atoms with Crippen LogP contribution in [0.2, 0.25) is 0 Å². The summed E-state index contributed by atoms with van der Waals surface area (Å²) < 4.78 is 5.63. The fraction of sp³-hybridized carbons (Fsp3) is 0.167. The van der Waals surface area contributed by atoms with E-state index in [0.717, 1.165) is 27.1 Å². The van der Waals surface area contributed by atoms with Crippen LogP contribution in [0.1, 0.15) is 18.9 Å². The van der Waals surface area contributed by atoms with Gasteiger partial charge in [-0.05, 0) is 29.3 Å². The molecule has 0 fully saturated rings. The Hall–Kier alpha value is -2.35. The SMILES string of the molecule is CCC(=O)Oc1c2ccccc2cc2cccc(C)c12. The zero-order chi connectivity index (χ0) is 14.1. The fourth-order valence-electron chi connectivity index (χ4n) is 2.54. The highest BCUT2D eigenvalue weighted by atomic mass is 16.5. The van der Waals surface area contributed by atoms with Gasteiger partial charge in [-0.25, -0.2) is 0 Å². The van der Waals surface area contributed by atoms with Gasteiger partial charge in [0.2, 0.25) is 0 Å². The maximum Gasteiger partial charge on any atom is 0.310 e. The summed E-state index contributed by atoms with van der Waals surface area (Å²) in [6, 6.07) is 16.3. The van der Waals surface area contributed by atoms with E-state index in [1.807, 2.05) is 50.2 Å². The van der Waals surface area contributed by atoms with Crippen molar-refractivity contribution in [3.8, 4) is 5.75 Å². The largest absolute Gasteiger partial charge is 0.425 e. The van der Waals surface area contributed by atoms with Crippen LogP contribution in [0, 0.1) is 6.92 Å². The molecule has 0 bridgehead atoms. The molecular formula is C18H16O2. The van der Waals surface area contributed by atoms with Gasteiger partial charge in [-0.1, -0.05) is 49.4 Å². The Morgan fingerprint density at radius 2 is 1.80 bits per heavy atom. The van der Waals surface area contributed by atoms with Crippen LogP contribution in [0.15, 0.2) is 48.5 Å². The zero-order valence-corrected chi connectivity index (χ0v) is 11.6. The van der Waals surface area contributed by atoms with Crippen molar-refractivity contribution in [3.63, 3.8) is 0 Å². The predicted octanol–water partition coefficient (Wildman–Crippen LogP) is 4.62. The number of esters is 1. The third kappa shape index (κ3) is 2.03. The van der Waals surface area contributed by atoms with Gasteiger partial charge in [0.15, 0.2) is 0 Å². The number of fused-ring (bicyclic) bond motifs is 2. The molecule has 0 amide bonds. The molecule has 3 aromatic carbocycles. The third-order valence-electron chi connectivity index (χ3n) is 3.55. The average Bonchev–Trinajstić information content (AvgIpc) is 2.47. The maximum absolute atomic E-state index is 11.8. The average molecular weight is 264 g/mol. The van der Waals surface area contributed by atoms with Crippen molar-refractivity contribution in [2.45, 2.75) is 20.3 Å². The standard InChI is InChI=1S/C18H16O2/c1-3-16(19)20-18-15-10-5-4-8-13(15)11-14-9-6-7-12(2)17(14)18/h4-11H,3H2,1-2H3.